The molecule has 0 unspecified atom stereocenters. The minimum Gasteiger partial charge on any atom is -0.444 e. The van der Waals surface area contributed by atoms with E-state index < -0.39 is 33.9 Å². The normalized spacial score (nSPS) is 13.8. The van der Waals surface area contributed by atoms with Crippen molar-refractivity contribution in [1.82, 2.24) is 4.90 Å². The van der Waals surface area contributed by atoms with Gasteiger partial charge in [0.15, 0.2) is 9.84 Å². The molecular weight excluding hydrogens is 519 g/mol. The van der Waals surface area contributed by atoms with Crippen LogP contribution in [-0.2, 0) is 25.9 Å². The van der Waals surface area contributed by atoms with Crippen molar-refractivity contribution in [3.8, 4) is 0 Å². The standard InChI is InChI=1S/C28H37BN2O7S/c1-18-14-21(29(34)35)15-19(2)24(18)8-7-9-26(32)30-22-10-13-25(39(36,37)23-11-12-23)20(16-22)17-31(6)27(33)38-28(3,4)5/h7-8,10,13-16,23,34-35H,9,11-12,17H2,1-6H3,(H,30,32). The van der Waals surface area contributed by atoms with Gasteiger partial charge in [0.25, 0.3) is 0 Å². The quantitative estimate of drug-likeness (QED) is 0.404. The van der Waals surface area contributed by atoms with Crippen LogP contribution in [0.4, 0.5) is 10.5 Å². The fourth-order valence-corrected chi connectivity index (χ4v) is 6.05. The Hall–Kier alpha value is -3.15. The molecule has 0 radical (unpaired) electrons. The second-order valence-electron chi connectivity index (χ2n) is 11.0. The second kappa shape index (κ2) is 11.9. The van der Waals surface area contributed by atoms with E-state index in [0.717, 1.165) is 16.7 Å². The Morgan fingerprint density at radius 2 is 1.74 bits per heavy atom. The van der Waals surface area contributed by atoms with Crippen molar-refractivity contribution >= 4 is 46.2 Å². The summed E-state index contributed by atoms with van der Waals surface area (Å²) in [5.74, 6) is -0.298. The molecule has 0 aromatic heterocycles. The van der Waals surface area contributed by atoms with Crippen molar-refractivity contribution in [2.45, 2.75) is 76.2 Å². The van der Waals surface area contributed by atoms with Gasteiger partial charge in [-0.25, -0.2) is 13.2 Å². The van der Waals surface area contributed by atoms with Crippen LogP contribution in [0.5, 0.6) is 0 Å². The van der Waals surface area contributed by atoms with E-state index in [4.69, 9.17) is 4.74 Å². The topological polar surface area (TPSA) is 133 Å². The van der Waals surface area contributed by atoms with Gasteiger partial charge in [-0.15, -0.1) is 0 Å². The summed E-state index contributed by atoms with van der Waals surface area (Å²) in [7, 11) is -3.56. The highest BCUT2D eigenvalue weighted by Gasteiger charge is 2.38. The summed E-state index contributed by atoms with van der Waals surface area (Å²) in [6.45, 7) is 8.96. The molecule has 2 amide bonds. The Morgan fingerprint density at radius 1 is 1.13 bits per heavy atom. The SMILES string of the molecule is Cc1cc(B(O)O)cc(C)c1C=CCC(=O)Nc1ccc(S(=O)(=O)C2CC2)c(CN(C)C(=O)OC(C)(C)C)c1. The van der Waals surface area contributed by atoms with E-state index in [1.54, 1.807) is 51.1 Å². The summed E-state index contributed by atoms with van der Waals surface area (Å²) >= 11 is 0. The molecule has 0 bridgehead atoms. The molecule has 1 fully saturated rings. The fourth-order valence-electron chi connectivity index (χ4n) is 4.19. The Labute approximate surface area is 230 Å². The van der Waals surface area contributed by atoms with Crippen LogP contribution in [0.15, 0.2) is 41.3 Å². The average Bonchev–Trinajstić information content (AvgIpc) is 3.66. The molecule has 3 N–H and O–H groups in total. The molecule has 0 atom stereocenters. The number of hydrogen-bond acceptors (Lipinski definition) is 7. The first kappa shape index (κ1) is 30.4. The van der Waals surface area contributed by atoms with Gasteiger partial charge in [0.05, 0.1) is 16.7 Å². The molecule has 9 nitrogen and oxygen atoms in total. The van der Waals surface area contributed by atoms with Crippen LogP contribution in [0.25, 0.3) is 6.08 Å². The number of benzene rings is 2. The number of carbonyl (C=O) groups is 2. The van der Waals surface area contributed by atoms with Crippen LogP contribution >= 0.6 is 0 Å². The molecule has 0 heterocycles. The Bertz CT molecular complexity index is 1350. The number of nitrogens with zero attached hydrogens (tertiary/aromatic N) is 1. The van der Waals surface area contributed by atoms with Crippen molar-refractivity contribution in [2.24, 2.45) is 0 Å². The lowest BCUT2D eigenvalue weighted by molar-refractivity contribution is -0.115. The number of rotatable bonds is 9. The number of carbonyl (C=O) groups excluding carboxylic acids is 2. The molecular formula is C28H37BN2O7S. The van der Waals surface area contributed by atoms with Crippen molar-refractivity contribution in [1.29, 1.82) is 0 Å². The van der Waals surface area contributed by atoms with Gasteiger partial charge < -0.3 is 25.0 Å². The molecule has 210 valence electrons. The van der Waals surface area contributed by atoms with Crippen LogP contribution in [0.1, 0.15) is 62.3 Å². The highest BCUT2D eigenvalue weighted by molar-refractivity contribution is 7.92. The maximum absolute atomic E-state index is 13.1. The summed E-state index contributed by atoms with van der Waals surface area (Å²) in [4.78, 5) is 26.7. The highest BCUT2D eigenvalue weighted by Crippen LogP contribution is 2.36. The van der Waals surface area contributed by atoms with Gasteiger partial charge in [-0.3, -0.25) is 4.79 Å². The van der Waals surface area contributed by atoms with Crippen LogP contribution < -0.4 is 10.8 Å². The summed E-state index contributed by atoms with van der Waals surface area (Å²) < 4.78 is 31.5. The number of ether oxygens (including phenoxy) is 1. The highest BCUT2D eigenvalue weighted by atomic mass is 32.2. The van der Waals surface area contributed by atoms with Gasteiger partial charge in [0.1, 0.15) is 5.60 Å². The Balaban J connectivity index is 1.77. The van der Waals surface area contributed by atoms with E-state index in [1.807, 2.05) is 19.9 Å². The summed E-state index contributed by atoms with van der Waals surface area (Å²) in [6.07, 6.45) is 4.23. The van der Waals surface area contributed by atoms with E-state index >= 15 is 0 Å². The van der Waals surface area contributed by atoms with Crippen LogP contribution in [0, 0.1) is 13.8 Å². The minimum atomic E-state index is -3.54. The predicted molar refractivity (Wildman–Crippen MR) is 152 cm³/mol. The molecule has 2 aromatic carbocycles. The van der Waals surface area contributed by atoms with Gasteiger partial charge in [0.2, 0.25) is 5.91 Å². The second-order valence-corrected chi connectivity index (χ2v) is 13.2. The number of aryl methyl sites for hydroxylation is 2. The number of nitrogens with one attached hydrogen (secondary N) is 1. The van der Waals surface area contributed by atoms with E-state index in [9.17, 15) is 28.1 Å². The molecule has 1 saturated carbocycles. The van der Waals surface area contributed by atoms with Crippen LogP contribution in [0.3, 0.4) is 0 Å². The van der Waals surface area contributed by atoms with Gasteiger partial charge in [-0.05, 0) is 93.4 Å². The molecule has 2 aromatic rings. The van der Waals surface area contributed by atoms with E-state index in [0.29, 0.717) is 29.6 Å². The van der Waals surface area contributed by atoms with Gasteiger partial charge in [0, 0.05) is 19.2 Å². The van der Waals surface area contributed by atoms with Gasteiger partial charge >= 0.3 is 13.2 Å². The largest absolute Gasteiger partial charge is 0.488 e. The zero-order valence-corrected chi connectivity index (χ0v) is 24.1. The van der Waals surface area contributed by atoms with E-state index in [-0.39, 0.29) is 23.8 Å². The van der Waals surface area contributed by atoms with Gasteiger partial charge in [-0.2, -0.15) is 0 Å². The Kier molecular flexibility index (Phi) is 9.30. The molecule has 39 heavy (non-hydrogen) atoms. The first-order valence-electron chi connectivity index (χ1n) is 12.8. The lowest BCUT2D eigenvalue weighted by Gasteiger charge is -2.25. The number of hydrogen-bond donors (Lipinski definition) is 3. The van der Waals surface area contributed by atoms with Crippen molar-refractivity contribution in [3.63, 3.8) is 0 Å². The first-order valence-corrected chi connectivity index (χ1v) is 14.4. The lowest BCUT2D eigenvalue weighted by Crippen LogP contribution is -2.34. The third-order valence-corrected chi connectivity index (χ3v) is 8.59. The predicted octanol–water partition coefficient (Wildman–Crippen LogP) is 3.33. The zero-order valence-electron chi connectivity index (χ0n) is 23.3. The molecule has 1 aliphatic carbocycles. The fraction of sp³-hybridized carbons (Fsp3) is 0.429. The smallest absolute Gasteiger partial charge is 0.444 e. The summed E-state index contributed by atoms with van der Waals surface area (Å²) in [5, 5.41) is 21.2. The first-order chi connectivity index (χ1) is 18.1. The van der Waals surface area contributed by atoms with Crippen molar-refractivity contribution in [2.75, 3.05) is 12.4 Å². The lowest BCUT2D eigenvalue weighted by atomic mass is 9.77. The molecule has 0 saturated heterocycles. The van der Waals surface area contributed by atoms with Crippen LogP contribution in [0.2, 0.25) is 0 Å². The minimum absolute atomic E-state index is 0.00308. The zero-order chi connectivity index (χ0) is 29.1. The van der Waals surface area contributed by atoms with Gasteiger partial charge in [-0.1, -0.05) is 24.3 Å². The number of amides is 2. The number of sulfone groups is 1. The number of anilines is 1. The third-order valence-electron chi connectivity index (χ3n) is 6.23. The summed E-state index contributed by atoms with van der Waals surface area (Å²) in [6, 6.07) is 8.00. The molecule has 1 aliphatic rings. The van der Waals surface area contributed by atoms with Crippen molar-refractivity contribution < 1.29 is 32.8 Å². The maximum Gasteiger partial charge on any atom is 0.488 e. The molecule has 11 heteroatoms. The molecule has 0 aliphatic heterocycles. The molecule has 0 spiro atoms. The average molecular weight is 556 g/mol. The molecule has 3 rings (SSSR count). The van der Waals surface area contributed by atoms with Crippen LogP contribution in [-0.4, -0.2) is 60.4 Å². The monoisotopic (exact) mass is 556 g/mol. The maximum atomic E-state index is 13.1. The Morgan fingerprint density at radius 3 is 2.28 bits per heavy atom. The third kappa shape index (κ3) is 8.17. The van der Waals surface area contributed by atoms with E-state index in [2.05, 4.69) is 5.32 Å². The summed E-state index contributed by atoms with van der Waals surface area (Å²) in [5.41, 5.74) is 3.11. The van der Waals surface area contributed by atoms with E-state index in [1.165, 1.54) is 18.0 Å². The van der Waals surface area contributed by atoms with Crippen molar-refractivity contribution in [3.05, 3.63) is 58.7 Å².